The van der Waals surface area contributed by atoms with E-state index in [1.165, 1.54) is 0 Å². The summed E-state index contributed by atoms with van der Waals surface area (Å²) < 4.78 is 7.71. The number of carbonyl (C=O) groups is 1. The van der Waals surface area contributed by atoms with Gasteiger partial charge in [0, 0.05) is 24.8 Å². The van der Waals surface area contributed by atoms with Crippen molar-refractivity contribution in [3.8, 4) is 11.4 Å². The topological polar surface area (TPSA) is 82.2 Å². The molecule has 0 saturated carbocycles. The van der Waals surface area contributed by atoms with Crippen molar-refractivity contribution >= 4 is 35.0 Å². The molecule has 3 N–H and O–H groups in total. The van der Waals surface area contributed by atoms with Crippen LogP contribution < -0.4 is 11.1 Å². The minimum atomic E-state index is -0.414. The third-order valence-electron chi connectivity index (χ3n) is 4.86. The number of rotatable bonds is 4. The second-order valence-electron chi connectivity index (χ2n) is 6.61. The number of hydrogen-bond donors (Lipinski definition) is 2. The number of para-hydroxylation sites is 2. The van der Waals surface area contributed by atoms with Crippen LogP contribution in [0.25, 0.3) is 22.4 Å². The highest BCUT2D eigenvalue weighted by atomic mass is 35.5. The minimum absolute atomic E-state index is 0. The van der Waals surface area contributed by atoms with E-state index in [-0.39, 0.29) is 24.4 Å². The number of halogens is 1. The van der Waals surface area contributed by atoms with Crippen molar-refractivity contribution in [2.45, 2.75) is 25.0 Å². The zero-order chi connectivity index (χ0) is 18.1. The Bertz CT molecular complexity index is 939. The molecule has 1 saturated heterocycles. The molecule has 0 spiro atoms. The van der Waals surface area contributed by atoms with Crippen LogP contribution in [0, 0.1) is 0 Å². The summed E-state index contributed by atoms with van der Waals surface area (Å²) >= 11 is 0. The molecule has 3 aromatic rings. The van der Waals surface area contributed by atoms with Crippen molar-refractivity contribution in [3.63, 3.8) is 0 Å². The van der Waals surface area contributed by atoms with Crippen molar-refractivity contribution in [1.82, 2.24) is 9.55 Å². The molecule has 1 aliphatic rings. The lowest BCUT2D eigenvalue weighted by Gasteiger charge is -2.13. The number of carbonyl (C=O) groups excluding carboxylic acids is 1. The average Bonchev–Trinajstić information content (AvgIpc) is 3.28. The highest BCUT2D eigenvalue weighted by molar-refractivity contribution is 5.94. The molecule has 4 rings (SSSR count). The first kappa shape index (κ1) is 19.4. The molecule has 142 valence electrons. The van der Waals surface area contributed by atoms with Crippen LogP contribution in [-0.2, 0) is 16.6 Å². The molecule has 27 heavy (non-hydrogen) atoms. The number of ether oxygens (including phenoxy) is 1. The van der Waals surface area contributed by atoms with Gasteiger partial charge in [0.05, 0.1) is 17.1 Å². The molecule has 2 heterocycles. The Kier molecular flexibility index (Phi) is 5.79. The Labute approximate surface area is 164 Å². The van der Waals surface area contributed by atoms with Gasteiger partial charge < -0.3 is 20.4 Å². The van der Waals surface area contributed by atoms with E-state index in [2.05, 4.69) is 16.0 Å². The van der Waals surface area contributed by atoms with Crippen LogP contribution in [0.2, 0.25) is 0 Å². The Balaban J connectivity index is 0.00000210. The first-order valence-corrected chi connectivity index (χ1v) is 8.84. The highest BCUT2D eigenvalue weighted by Gasteiger charge is 2.29. The highest BCUT2D eigenvalue weighted by Crippen LogP contribution is 2.25. The SMILES string of the molecule is Cl.Cn1c(-c2ccc(NC(=O)[C@@H]3CC[C@H](CN)O3)cc2)nc2ccccc21. The van der Waals surface area contributed by atoms with Gasteiger partial charge in [-0.1, -0.05) is 12.1 Å². The van der Waals surface area contributed by atoms with Gasteiger partial charge in [-0.3, -0.25) is 4.79 Å². The Morgan fingerprint density at radius 1 is 1.22 bits per heavy atom. The summed E-state index contributed by atoms with van der Waals surface area (Å²) in [7, 11) is 2.01. The number of hydrogen-bond acceptors (Lipinski definition) is 4. The van der Waals surface area contributed by atoms with E-state index in [0.29, 0.717) is 13.0 Å². The Morgan fingerprint density at radius 3 is 2.63 bits per heavy atom. The lowest BCUT2D eigenvalue weighted by Crippen LogP contribution is -2.29. The van der Waals surface area contributed by atoms with E-state index >= 15 is 0 Å². The summed E-state index contributed by atoms with van der Waals surface area (Å²) in [4.78, 5) is 17.0. The van der Waals surface area contributed by atoms with E-state index < -0.39 is 6.10 Å². The summed E-state index contributed by atoms with van der Waals surface area (Å²) in [6.07, 6.45) is 1.13. The van der Waals surface area contributed by atoms with Crippen LogP contribution in [0.4, 0.5) is 5.69 Å². The number of nitrogens with one attached hydrogen (secondary N) is 1. The van der Waals surface area contributed by atoms with E-state index in [4.69, 9.17) is 15.5 Å². The monoisotopic (exact) mass is 386 g/mol. The molecule has 0 aliphatic carbocycles. The predicted octanol–water partition coefficient (Wildman–Crippen LogP) is 3.11. The molecule has 2 atom stereocenters. The lowest BCUT2D eigenvalue weighted by molar-refractivity contribution is -0.126. The maximum atomic E-state index is 12.3. The third kappa shape index (κ3) is 3.83. The van der Waals surface area contributed by atoms with Crippen LogP contribution in [0.3, 0.4) is 0 Å². The predicted molar refractivity (Wildman–Crippen MR) is 109 cm³/mol. The fraction of sp³-hybridized carbons (Fsp3) is 0.300. The van der Waals surface area contributed by atoms with Crippen molar-refractivity contribution in [3.05, 3.63) is 48.5 Å². The molecule has 0 unspecified atom stereocenters. The normalized spacial score (nSPS) is 19.0. The van der Waals surface area contributed by atoms with Crippen molar-refractivity contribution in [1.29, 1.82) is 0 Å². The summed E-state index contributed by atoms with van der Waals surface area (Å²) in [5.74, 6) is 0.783. The fourth-order valence-corrected chi connectivity index (χ4v) is 3.40. The van der Waals surface area contributed by atoms with Gasteiger partial charge in [0.1, 0.15) is 11.9 Å². The number of imidazole rings is 1. The van der Waals surface area contributed by atoms with Gasteiger partial charge in [-0.25, -0.2) is 4.98 Å². The standard InChI is InChI=1S/C20H22N4O2.ClH/c1-24-17-5-3-2-4-16(17)23-19(24)13-6-8-14(9-7-13)22-20(25)18-11-10-15(12-21)26-18;/h2-9,15,18H,10-12,21H2,1H3,(H,22,25);1H/t15-,18+;/m1./s1. The van der Waals surface area contributed by atoms with E-state index in [0.717, 1.165) is 34.5 Å². The smallest absolute Gasteiger partial charge is 0.253 e. The molecule has 7 heteroatoms. The van der Waals surface area contributed by atoms with Crippen LogP contribution in [0.1, 0.15) is 12.8 Å². The lowest BCUT2D eigenvalue weighted by atomic mass is 10.1. The number of nitrogens with zero attached hydrogens (tertiary/aromatic N) is 2. The third-order valence-corrected chi connectivity index (χ3v) is 4.86. The number of amides is 1. The van der Waals surface area contributed by atoms with Crippen LogP contribution in [0.5, 0.6) is 0 Å². The molecule has 1 fully saturated rings. The van der Waals surface area contributed by atoms with Crippen LogP contribution in [0.15, 0.2) is 48.5 Å². The largest absolute Gasteiger partial charge is 0.364 e. The number of benzene rings is 2. The van der Waals surface area contributed by atoms with Crippen LogP contribution in [-0.4, -0.2) is 34.2 Å². The van der Waals surface area contributed by atoms with Gasteiger partial charge in [0.2, 0.25) is 0 Å². The maximum absolute atomic E-state index is 12.3. The fourth-order valence-electron chi connectivity index (χ4n) is 3.40. The number of fused-ring (bicyclic) bond motifs is 1. The maximum Gasteiger partial charge on any atom is 0.253 e. The molecule has 1 amide bonds. The van der Waals surface area contributed by atoms with Gasteiger partial charge in [-0.15, -0.1) is 12.4 Å². The summed E-state index contributed by atoms with van der Waals surface area (Å²) in [6.45, 7) is 0.455. The van der Waals surface area contributed by atoms with Gasteiger partial charge in [-0.2, -0.15) is 0 Å². The molecular formula is C20H23ClN4O2. The first-order valence-electron chi connectivity index (χ1n) is 8.84. The van der Waals surface area contributed by atoms with Gasteiger partial charge >= 0.3 is 0 Å². The molecule has 0 bridgehead atoms. The average molecular weight is 387 g/mol. The molecular weight excluding hydrogens is 364 g/mol. The number of nitrogens with two attached hydrogens (primary N) is 1. The summed E-state index contributed by atoms with van der Waals surface area (Å²) in [5, 5.41) is 2.92. The van der Waals surface area contributed by atoms with E-state index in [1.807, 2.05) is 49.5 Å². The summed E-state index contributed by atoms with van der Waals surface area (Å²) in [5.41, 5.74) is 9.40. The minimum Gasteiger partial charge on any atom is -0.364 e. The quantitative estimate of drug-likeness (QED) is 0.721. The van der Waals surface area contributed by atoms with Crippen molar-refractivity contribution in [2.24, 2.45) is 12.8 Å². The molecule has 1 aromatic heterocycles. The Hall–Kier alpha value is -2.41. The molecule has 6 nitrogen and oxygen atoms in total. The van der Waals surface area contributed by atoms with Gasteiger partial charge in [0.25, 0.3) is 5.91 Å². The Morgan fingerprint density at radius 2 is 1.96 bits per heavy atom. The molecule has 0 radical (unpaired) electrons. The zero-order valence-corrected chi connectivity index (χ0v) is 15.9. The number of anilines is 1. The van der Waals surface area contributed by atoms with Crippen molar-refractivity contribution < 1.29 is 9.53 Å². The van der Waals surface area contributed by atoms with Gasteiger partial charge in [-0.05, 0) is 49.2 Å². The number of aromatic nitrogens is 2. The number of aryl methyl sites for hydroxylation is 1. The van der Waals surface area contributed by atoms with E-state index in [9.17, 15) is 4.79 Å². The van der Waals surface area contributed by atoms with Crippen LogP contribution >= 0.6 is 12.4 Å². The second kappa shape index (κ2) is 8.08. The molecule has 2 aromatic carbocycles. The molecule has 1 aliphatic heterocycles. The van der Waals surface area contributed by atoms with E-state index in [1.54, 1.807) is 0 Å². The van der Waals surface area contributed by atoms with Crippen molar-refractivity contribution in [2.75, 3.05) is 11.9 Å². The zero-order valence-electron chi connectivity index (χ0n) is 15.1. The van der Waals surface area contributed by atoms with Gasteiger partial charge in [0.15, 0.2) is 0 Å². The summed E-state index contributed by atoms with van der Waals surface area (Å²) in [6, 6.07) is 15.8. The first-order chi connectivity index (χ1) is 12.7. The second-order valence-corrected chi connectivity index (χ2v) is 6.61.